The summed E-state index contributed by atoms with van der Waals surface area (Å²) in [6.45, 7) is 1.60. The number of aromatic nitrogens is 2. The van der Waals surface area contributed by atoms with Crippen LogP contribution in [0.2, 0.25) is 0 Å². The molecule has 3 rings (SSSR count). The molecule has 1 aromatic carbocycles. The molecule has 0 amide bonds. The summed E-state index contributed by atoms with van der Waals surface area (Å²) in [4.78, 5) is 11.1. The number of halogens is 1. The number of para-hydroxylation sites is 1. The molecule has 5 nitrogen and oxygen atoms in total. The van der Waals surface area contributed by atoms with Crippen molar-refractivity contribution < 1.29 is 0 Å². The molecule has 0 aliphatic rings. The average Bonchev–Trinajstić information content (AvgIpc) is 2.95. The third kappa shape index (κ3) is 4.25. The summed E-state index contributed by atoms with van der Waals surface area (Å²) in [5.74, 6) is 0.885. The Kier molecular flexibility index (Phi) is 5.93. The van der Waals surface area contributed by atoms with Crippen molar-refractivity contribution in [3.05, 3.63) is 64.5 Å². The second-order valence-electron chi connectivity index (χ2n) is 6.33. The Morgan fingerprint density at radius 2 is 2.12 bits per heavy atom. The zero-order chi connectivity index (χ0) is 18.5. The third-order valence-corrected chi connectivity index (χ3v) is 4.87. The Balaban J connectivity index is 1.61. The maximum absolute atomic E-state index is 4.53. The molecule has 1 N–H and O–H groups in total. The molecule has 136 valence electrons. The first-order valence-corrected chi connectivity index (χ1v) is 9.43. The molecule has 0 spiro atoms. The zero-order valence-corrected chi connectivity index (χ0v) is 17.0. The first-order valence-electron chi connectivity index (χ1n) is 8.63. The van der Waals surface area contributed by atoms with Crippen LogP contribution in [0.4, 0.5) is 0 Å². The number of aliphatic imine (C=N–C) groups is 1. The lowest BCUT2D eigenvalue weighted by Gasteiger charge is -2.22. The number of hydrogen-bond acceptors (Lipinski definition) is 2. The van der Waals surface area contributed by atoms with E-state index in [-0.39, 0.29) is 0 Å². The lowest BCUT2D eigenvalue weighted by Crippen LogP contribution is -2.39. The van der Waals surface area contributed by atoms with E-state index in [2.05, 4.69) is 91.3 Å². The maximum atomic E-state index is 4.53. The molecular formula is C20H24BrN5. The minimum atomic E-state index is 0.789. The second-order valence-corrected chi connectivity index (χ2v) is 7.25. The summed E-state index contributed by atoms with van der Waals surface area (Å²) in [6.07, 6.45) is 4.81. The van der Waals surface area contributed by atoms with Crippen molar-refractivity contribution in [2.24, 2.45) is 12.0 Å². The first kappa shape index (κ1) is 18.5. The number of nitrogens with zero attached hydrogens (tertiary/aromatic N) is 4. The van der Waals surface area contributed by atoms with Gasteiger partial charge in [0.05, 0.1) is 12.1 Å². The summed E-state index contributed by atoms with van der Waals surface area (Å²) in [5.41, 5.74) is 3.55. The zero-order valence-electron chi connectivity index (χ0n) is 15.4. The largest absolute Gasteiger partial charge is 0.356 e. The van der Waals surface area contributed by atoms with Gasteiger partial charge in [0, 0.05) is 55.6 Å². The molecule has 0 aliphatic heterocycles. The second kappa shape index (κ2) is 8.36. The molecule has 3 aromatic rings. The van der Waals surface area contributed by atoms with Crippen molar-refractivity contribution in [1.29, 1.82) is 0 Å². The number of fused-ring (bicyclic) bond motifs is 1. The minimum absolute atomic E-state index is 0.789. The molecule has 2 heterocycles. The molecular weight excluding hydrogens is 390 g/mol. The number of rotatable bonds is 5. The number of aryl methyl sites for hydroxylation is 1. The smallest absolute Gasteiger partial charge is 0.193 e. The molecule has 0 unspecified atom stereocenters. The van der Waals surface area contributed by atoms with Gasteiger partial charge in [0.1, 0.15) is 0 Å². The van der Waals surface area contributed by atoms with Crippen LogP contribution in [-0.2, 0) is 20.0 Å². The van der Waals surface area contributed by atoms with Crippen molar-refractivity contribution in [2.75, 3.05) is 20.6 Å². The molecule has 0 aliphatic carbocycles. The molecule has 0 bridgehead atoms. The van der Waals surface area contributed by atoms with E-state index in [9.17, 15) is 0 Å². The Morgan fingerprint density at radius 1 is 1.31 bits per heavy atom. The van der Waals surface area contributed by atoms with Gasteiger partial charge < -0.3 is 14.8 Å². The van der Waals surface area contributed by atoms with Gasteiger partial charge in [0.25, 0.3) is 0 Å². The summed E-state index contributed by atoms with van der Waals surface area (Å²) in [7, 11) is 5.92. The van der Waals surface area contributed by atoms with Crippen LogP contribution in [0.3, 0.4) is 0 Å². The van der Waals surface area contributed by atoms with Crippen LogP contribution in [0, 0.1) is 0 Å². The molecule has 26 heavy (non-hydrogen) atoms. The van der Waals surface area contributed by atoms with Gasteiger partial charge in [-0.05, 0) is 40.0 Å². The molecule has 0 saturated heterocycles. The molecule has 0 fully saturated rings. The van der Waals surface area contributed by atoms with Crippen LogP contribution < -0.4 is 5.32 Å². The van der Waals surface area contributed by atoms with Crippen LogP contribution >= 0.6 is 15.9 Å². The summed E-state index contributed by atoms with van der Waals surface area (Å²) in [6, 6.07) is 12.5. The van der Waals surface area contributed by atoms with Crippen LogP contribution in [0.15, 0.2) is 58.3 Å². The lowest BCUT2D eigenvalue weighted by molar-refractivity contribution is 0.462. The summed E-state index contributed by atoms with van der Waals surface area (Å²) >= 11 is 3.52. The van der Waals surface area contributed by atoms with Gasteiger partial charge in [-0.15, -0.1) is 0 Å². The van der Waals surface area contributed by atoms with Gasteiger partial charge in [-0.25, -0.2) is 0 Å². The Hall–Kier alpha value is -2.34. The van der Waals surface area contributed by atoms with Gasteiger partial charge in [-0.1, -0.05) is 24.3 Å². The van der Waals surface area contributed by atoms with Crippen molar-refractivity contribution in [3.8, 4) is 0 Å². The maximum Gasteiger partial charge on any atom is 0.193 e. The lowest BCUT2D eigenvalue weighted by atomic mass is 10.1. The number of hydrogen-bond donors (Lipinski definition) is 1. The quantitative estimate of drug-likeness (QED) is 0.513. The highest BCUT2D eigenvalue weighted by molar-refractivity contribution is 9.10. The van der Waals surface area contributed by atoms with Crippen molar-refractivity contribution >= 4 is 32.8 Å². The fourth-order valence-electron chi connectivity index (χ4n) is 3.10. The number of benzene rings is 1. The predicted molar refractivity (Wildman–Crippen MR) is 111 cm³/mol. The van der Waals surface area contributed by atoms with E-state index in [4.69, 9.17) is 0 Å². The normalized spacial score (nSPS) is 11.8. The van der Waals surface area contributed by atoms with Crippen molar-refractivity contribution in [3.63, 3.8) is 0 Å². The van der Waals surface area contributed by atoms with E-state index in [0.717, 1.165) is 35.5 Å². The van der Waals surface area contributed by atoms with E-state index >= 15 is 0 Å². The molecule has 0 atom stereocenters. The van der Waals surface area contributed by atoms with Crippen LogP contribution in [0.5, 0.6) is 0 Å². The monoisotopic (exact) mass is 413 g/mol. The Labute approximate surface area is 162 Å². The van der Waals surface area contributed by atoms with Crippen LogP contribution in [0.1, 0.15) is 11.3 Å². The average molecular weight is 414 g/mol. The summed E-state index contributed by atoms with van der Waals surface area (Å²) < 4.78 is 3.21. The van der Waals surface area contributed by atoms with Crippen molar-refractivity contribution in [1.82, 2.24) is 19.8 Å². The van der Waals surface area contributed by atoms with Gasteiger partial charge in [0.2, 0.25) is 0 Å². The van der Waals surface area contributed by atoms with E-state index in [1.54, 1.807) is 0 Å². The number of guanidine groups is 1. The minimum Gasteiger partial charge on any atom is -0.356 e. The number of pyridine rings is 1. The Morgan fingerprint density at radius 3 is 2.85 bits per heavy atom. The highest BCUT2D eigenvalue weighted by atomic mass is 79.9. The summed E-state index contributed by atoms with van der Waals surface area (Å²) in [5, 5.41) is 4.64. The fourth-order valence-corrected chi connectivity index (χ4v) is 3.68. The van der Waals surface area contributed by atoms with Crippen LogP contribution in [-0.4, -0.2) is 41.1 Å². The fraction of sp³-hybridized carbons (Fsp3) is 0.300. The predicted octanol–water partition coefficient (Wildman–Crippen LogP) is 3.59. The van der Waals surface area contributed by atoms with E-state index in [1.165, 1.54) is 16.6 Å². The molecule has 6 heteroatoms. The molecule has 0 radical (unpaired) electrons. The first-order chi connectivity index (χ1) is 12.6. The van der Waals surface area contributed by atoms with Gasteiger partial charge in [0.15, 0.2) is 5.96 Å². The van der Waals surface area contributed by atoms with Gasteiger partial charge >= 0.3 is 0 Å². The van der Waals surface area contributed by atoms with Crippen molar-refractivity contribution in [2.45, 2.75) is 13.0 Å². The van der Waals surface area contributed by atoms with E-state index in [1.807, 2.05) is 19.3 Å². The third-order valence-electron chi connectivity index (χ3n) is 4.44. The SMILES string of the molecule is CN=C(NCCc1cccc2cccnc12)N(C)Cc1cc(Br)cn1C. The highest BCUT2D eigenvalue weighted by Gasteiger charge is 2.10. The highest BCUT2D eigenvalue weighted by Crippen LogP contribution is 2.16. The van der Waals surface area contributed by atoms with Crippen LogP contribution in [0.25, 0.3) is 10.9 Å². The number of nitrogens with one attached hydrogen (secondary N) is 1. The standard InChI is InChI=1S/C20H24BrN5/c1-22-20(26(3)14-18-12-17(21)13-25(18)2)24-11-9-16-7-4-6-15-8-5-10-23-19(15)16/h4-8,10,12-13H,9,11,14H2,1-3H3,(H,22,24). The van der Waals surface area contributed by atoms with Gasteiger partial charge in [-0.3, -0.25) is 9.98 Å². The molecule has 0 saturated carbocycles. The van der Waals surface area contributed by atoms with E-state index in [0.29, 0.717) is 0 Å². The van der Waals surface area contributed by atoms with E-state index < -0.39 is 0 Å². The Bertz CT molecular complexity index is 910. The molecule has 2 aromatic heterocycles. The van der Waals surface area contributed by atoms with Gasteiger partial charge in [-0.2, -0.15) is 0 Å². The topological polar surface area (TPSA) is 45.5 Å².